The highest BCUT2D eigenvalue weighted by Gasteiger charge is 2.26. The maximum Gasteiger partial charge on any atom is 0.410 e. The van der Waals surface area contributed by atoms with E-state index in [2.05, 4.69) is 0 Å². The van der Waals surface area contributed by atoms with E-state index in [9.17, 15) is 13.6 Å². The molecule has 0 bridgehead atoms. The van der Waals surface area contributed by atoms with Crippen LogP contribution in [0, 0.1) is 17.6 Å². The molecule has 3 nitrogen and oxygen atoms in total. The van der Waals surface area contributed by atoms with Gasteiger partial charge in [0.25, 0.3) is 0 Å². The summed E-state index contributed by atoms with van der Waals surface area (Å²) in [5.41, 5.74) is 0.243. The van der Waals surface area contributed by atoms with Gasteiger partial charge in [0.05, 0.1) is 0 Å². The molecule has 0 unspecified atom stereocenters. The number of halogens is 2. The van der Waals surface area contributed by atoms with Crippen LogP contribution in [0.1, 0.15) is 52.0 Å². The van der Waals surface area contributed by atoms with E-state index in [1.807, 2.05) is 20.8 Å². The maximum atomic E-state index is 13.2. The number of nitrogens with zero attached hydrogens (tertiary/aromatic N) is 1. The highest BCUT2D eigenvalue weighted by atomic mass is 19.1. The summed E-state index contributed by atoms with van der Waals surface area (Å²) in [6, 6.07) is 3.69. The predicted molar refractivity (Wildman–Crippen MR) is 89.8 cm³/mol. The summed E-state index contributed by atoms with van der Waals surface area (Å²) in [7, 11) is 0. The smallest absolute Gasteiger partial charge is 0.410 e. The van der Waals surface area contributed by atoms with Crippen molar-refractivity contribution in [3.63, 3.8) is 0 Å². The van der Waals surface area contributed by atoms with Crippen molar-refractivity contribution in [1.82, 2.24) is 4.90 Å². The zero-order chi connectivity index (χ0) is 17.7. The highest BCUT2D eigenvalue weighted by molar-refractivity contribution is 5.68. The van der Waals surface area contributed by atoms with Gasteiger partial charge in [0.1, 0.15) is 17.2 Å². The average Bonchev–Trinajstić information content (AvgIpc) is 2.45. The van der Waals surface area contributed by atoms with Gasteiger partial charge in [0, 0.05) is 19.2 Å². The Balaban J connectivity index is 1.70. The van der Waals surface area contributed by atoms with Crippen molar-refractivity contribution in [2.24, 2.45) is 5.92 Å². The Labute approximate surface area is 143 Å². The zero-order valence-electron chi connectivity index (χ0n) is 14.8. The third kappa shape index (κ3) is 6.10. The minimum Gasteiger partial charge on any atom is -0.444 e. The minimum absolute atomic E-state index is 0.240. The fourth-order valence-electron chi connectivity index (χ4n) is 3.08. The van der Waals surface area contributed by atoms with Crippen LogP contribution >= 0.6 is 0 Å². The lowest BCUT2D eigenvalue weighted by Gasteiger charge is -2.33. The first-order valence-electron chi connectivity index (χ1n) is 8.66. The van der Waals surface area contributed by atoms with Crippen molar-refractivity contribution in [1.29, 1.82) is 0 Å². The normalized spacial score (nSPS) is 16.3. The van der Waals surface area contributed by atoms with Crippen LogP contribution in [0.25, 0.3) is 0 Å². The largest absolute Gasteiger partial charge is 0.444 e. The first kappa shape index (κ1) is 18.7. The van der Waals surface area contributed by atoms with Gasteiger partial charge in [-0.05, 0) is 76.5 Å². The Hall–Kier alpha value is -1.65. The summed E-state index contributed by atoms with van der Waals surface area (Å²) in [6.45, 7) is 7.04. The molecule has 1 amide bonds. The van der Waals surface area contributed by atoms with Gasteiger partial charge in [-0.3, -0.25) is 0 Å². The van der Waals surface area contributed by atoms with Crippen LogP contribution in [0.3, 0.4) is 0 Å². The molecule has 2 rings (SSSR count). The Morgan fingerprint density at radius 1 is 1.17 bits per heavy atom. The highest BCUT2D eigenvalue weighted by Crippen LogP contribution is 2.24. The first-order valence-corrected chi connectivity index (χ1v) is 8.66. The van der Waals surface area contributed by atoms with Gasteiger partial charge in [0.15, 0.2) is 0 Å². The van der Waals surface area contributed by atoms with E-state index >= 15 is 0 Å². The number of benzene rings is 1. The van der Waals surface area contributed by atoms with Crippen LogP contribution in [0.2, 0.25) is 0 Å². The third-order valence-electron chi connectivity index (χ3n) is 4.27. The van der Waals surface area contributed by atoms with Gasteiger partial charge >= 0.3 is 6.09 Å². The van der Waals surface area contributed by atoms with Crippen LogP contribution in [0.5, 0.6) is 0 Å². The molecule has 134 valence electrons. The van der Waals surface area contributed by atoms with E-state index in [0.29, 0.717) is 31.0 Å². The summed E-state index contributed by atoms with van der Waals surface area (Å²) in [6.07, 6.45) is 4.27. The number of carbonyl (C=O) groups is 1. The average molecular weight is 339 g/mol. The van der Waals surface area contributed by atoms with Crippen LogP contribution in [-0.4, -0.2) is 29.7 Å². The number of ether oxygens (including phenoxy) is 1. The standard InChI is InChI=1S/C19H27F2NO2/c1-19(2,3)24-18(23)22-9-7-14(8-10-22)5-4-6-15-11-16(20)13-17(21)12-15/h11-14H,4-10H2,1-3H3. The van der Waals surface area contributed by atoms with Crippen LogP contribution in [-0.2, 0) is 11.2 Å². The molecular formula is C19H27F2NO2. The Kier molecular flexibility index (Phi) is 6.19. The number of carbonyl (C=O) groups excluding carboxylic acids is 1. The fraction of sp³-hybridized carbons (Fsp3) is 0.632. The SMILES string of the molecule is CC(C)(C)OC(=O)N1CCC(CCCc2cc(F)cc(F)c2)CC1. The van der Waals surface area contributed by atoms with Gasteiger partial charge in [0.2, 0.25) is 0 Å². The minimum atomic E-state index is -0.518. The summed E-state index contributed by atoms with van der Waals surface area (Å²) >= 11 is 0. The molecule has 0 N–H and O–H groups in total. The van der Waals surface area contributed by atoms with E-state index in [0.717, 1.165) is 31.7 Å². The fourth-order valence-corrected chi connectivity index (χ4v) is 3.08. The number of rotatable bonds is 4. The van der Waals surface area contributed by atoms with Gasteiger partial charge in [-0.2, -0.15) is 0 Å². The van der Waals surface area contributed by atoms with E-state index in [-0.39, 0.29) is 6.09 Å². The topological polar surface area (TPSA) is 29.5 Å². The van der Waals surface area contributed by atoms with Crippen molar-refractivity contribution in [3.05, 3.63) is 35.4 Å². The van der Waals surface area contributed by atoms with Crippen LogP contribution in [0.4, 0.5) is 13.6 Å². The second kappa shape index (κ2) is 7.95. The maximum absolute atomic E-state index is 13.2. The second-order valence-electron chi connectivity index (χ2n) is 7.58. The van der Waals surface area contributed by atoms with Crippen molar-refractivity contribution >= 4 is 6.09 Å². The van der Waals surface area contributed by atoms with Gasteiger partial charge in [-0.25, -0.2) is 13.6 Å². The van der Waals surface area contributed by atoms with Gasteiger partial charge in [-0.15, -0.1) is 0 Å². The molecule has 0 atom stereocenters. The Morgan fingerprint density at radius 3 is 2.29 bits per heavy atom. The summed E-state index contributed by atoms with van der Waals surface area (Å²) < 4.78 is 31.7. The summed E-state index contributed by atoms with van der Waals surface area (Å²) in [4.78, 5) is 13.8. The molecule has 5 heteroatoms. The van der Waals surface area contributed by atoms with E-state index in [4.69, 9.17) is 4.74 Å². The lowest BCUT2D eigenvalue weighted by atomic mass is 9.91. The number of piperidine rings is 1. The summed E-state index contributed by atoms with van der Waals surface area (Å²) in [5, 5.41) is 0. The molecular weight excluding hydrogens is 312 g/mol. The lowest BCUT2D eigenvalue weighted by Crippen LogP contribution is -2.41. The first-order chi connectivity index (χ1) is 11.2. The van der Waals surface area contributed by atoms with Crippen LogP contribution in [0.15, 0.2) is 18.2 Å². The van der Waals surface area contributed by atoms with Gasteiger partial charge in [-0.1, -0.05) is 0 Å². The lowest BCUT2D eigenvalue weighted by molar-refractivity contribution is 0.0180. The van der Waals surface area contributed by atoms with E-state index < -0.39 is 17.2 Å². The number of aryl methyl sites for hydroxylation is 1. The van der Waals surface area contributed by atoms with E-state index in [1.54, 1.807) is 4.90 Å². The molecule has 0 radical (unpaired) electrons. The predicted octanol–water partition coefficient (Wildman–Crippen LogP) is 4.93. The molecule has 1 fully saturated rings. The van der Waals surface area contributed by atoms with Crippen LogP contribution < -0.4 is 0 Å². The number of hydrogen-bond donors (Lipinski definition) is 0. The van der Waals surface area contributed by atoms with Crippen molar-refractivity contribution in [3.8, 4) is 0 Å². The monoisotopic (exact) mass is 339 g/mol. The third-order valence-corrected chi connectivity index (χ3v) is 4.27. The quantitative estimate of drug-likeness (QED) is 0.778. The molecule has 1 heterocycles. The van der Waals surface area contributed by atoms with Crippen molar-refractivity contribution in [2.75, 3.05) is 13.1 Å². The van der Waals surface area contributed by atoms with E-state index in [1.165, 1.54) is 12.1 Å². The second-order valence-corrected chi connectivity index (χ2v) is 7.58. The number of hydrogen-bond acceptors (Lipinski definition) is 2. The number of likely N-dealkylation sites (tertiary alicyclic amines) is 1. The molecule has 24 heavy (non-hydrogen) atoms. The molecule has 1 saturated heterocycles. The molecule has 0 aromatic heterocycles. The van der Waals surface area contributed by atoms with Crippen molar-refractivity contribution < 1.29 is 18.3 Å². The molecule has 0 saturated carbocycles. The molecule has 1 aliphatic heterocycles. The number of amides is 1. The molecule has 1 aromatic carbocycles. The molecule has 0 spiro atoms. The van der Waals surface area contributed by atoms with Crippen molar-refractivity contribution in [2.45, 2.75) is 58.5 Å². The Bertz CT molecular complexity index is 541. The Morgan fingerprint density at radius 2 is 1.75 bits per heavy atom. The molecule has 1 aliphatic rings. The van der Waals surface area contributed by atoms with Gasteiger partial charge < -0.3 is 9.64 Å². The molecule has 0 aliphatic carbocycles. The zero-order valence-corrected chi connectivity index (χ0v) is 14.8. The summed E-state index contributed by atoms with van der Waals surface area (Å²) in [5.74, 6) is -0.478. The molecule has 1 aromatic rings.